The van der Waals surface area contributed by atoms with Gasteiger partial charge in [-0.2, -0.15) is 0 Å². The minimum absolute atomic E-state index is 0. The van der Waals surface area contributed by atoms with Gasteiger partial charge < -0.3 is 16.4 Å². The summed E-state index contributed by atoms with van der Waals surface area (Å²) in [5.41, 5.74) is 11.2. The number of hydrogen-bond acceptors (Lipinski definition) is 3. The Balaban J connectivity index is 0.00000144. The van der Waals surface area contributed by atoms with E-state index in [1.807, 2.05) is 6.92 Å². The Morgan fingerprint density at radius 2 is 2.31 bits per heavy atom. The molecule has 0 bridgehead atoms. The van der Waals surface area contributed by atoms with Crippen molar-refractivity contribution in [3.05, 3.63) is 0 Å². The van der Waals surface area contributed by atoms with Gasteiger partial charge in [-0.15, -0.1) is 12.4 Å². The number of nitrogens with zero attached hydrogens (tertiary/aromatic N) is 1. The van der Waals surface area contributed by atoms with Crippen LogP contribution in [0.4, 0.5) is 0 Å². The monoisotopic (exact) mass is 207 g/mol. The summed E-state index contributed by atoms with van der Waals surface area (Å²) < 4.78 is 0. The first-order valence-electron chi connectivity index (χ1n) is 4.38. The molecule has 1 unspecified atom stereocenters. The molecule has 0 aromatic rings. The average Bonchev–Trinajstić information content (AvgIpc) is 2.34. The third-order valence-electron chi connectivity index (χ3n) is 2.07. The van der Waals surface area contributed by atoms with E-state index < -0.39 is 0 Å². The molecule has 0 aromatic carbocycles. The van der Waals surface area contributed by atoms with E-state index in [-0.39, 0.29) is 30.4 Å². The van der Waals surface area contributed by atoms with E-state index >= 15 is 0 Å². The van der Waals surface area contributed by atoms with E-state index in [1.54, 1.807) is 4.90 Å². The molecule has 1 rings (SSSR count). The topological polar surface area (TPSA) is 72.4 Å². The highest BCUT2D eigenvalue weighted by atomic mass is 35.5. The fourth-order valence-electron chi connectivity index (χ4n) is 1.42. The van der Waals surface area contributed by atoms with Gasteiger partial charge in [0.25, 0.3) is 0 Å². The lowest BCUT2D eigenvalue weighted by Gasteiger charge is -2.16. The van der Waals surface area contributed by atoms with Crippen LogP contribution in [0.1, 0.15) is 19.8 Å². The number of hydrogen-bond donors (Lipinski definition) is 2. The standard InChI is InChI=1S/C8H17N3O.ClH/c1-6(9)4-8(12)11-3-2-7(10)5-11;/h6-7H,2-5,9-10H2,1H3;1H/t6?,7-;/m1./s1. The van der Waals surface area contributed by atoms with Crippen molar-refractivity contribution in [2.45, 2.75) is 31.8 Å². The first kappa shape index (κ1) is 12.7. The van der Waals surface area contributed by atoms with Crippen LogP contribution in [0.25, 0.3) is 0 Å². The second kappa shape index (κ2) is 5.42. The lowest BCUT2D eigenvalue weighted by Crippen LogP contribution is -2.35. The third kappa shape index (κ3) is 3.93. The van der Waals surface area contributed by atoms with Gasteiger partial charge in [0.05, 0.1) is 0 Å². The molecule has 2 atom stereocenters. The highest BCUT2D eigenvalue weighted by Crippen LogP contribution is 2.08. The summed E-state index contributed by atoms with van der Waals surface area (Å²) in [4.78, 5) is 13.2. The number of likely N-dealkylation sites (tertiary alicyclic amines) is 1. The molecule has 5 heteroatoms. The van der Waals surface area contributed by atoms with Gasteiger partial charge in [-0.05, 0) is 13.3 Å². The number of nitrogens with two attached hydrogens (primary N) is 2. The van der Waals surface area contributed by atoms with Crippen LogP contribution in [0.5, 0.6) is 0 Å². The van der Waals surface area contributed by atoms with Gasteiger partial charge in [0.15, 0.2) is 0 Å². The number of carbonyl (C=O) groups excluding carboxylic acids is 1. The SMILES string of the molecule is CC(N)CC(=O)N1CC[C@@H](N)C1.Cl. The maximum atomic E-state index is 11.4. The van der Waals surface area contributed by atoms with Crippen LogP contribution < -0.4 is 11.5 Å². The van der Waals surface area contributed by atoms with E-state index in [0.717, 1.165) is 13.0 Å². The summed E-state index contributed by atoms with van der Waals surface area (Å²) >= 11 is 0. The Labute approximate surface area is 85.0 Å². The lowest BCUT2D eigenvalue weighted by molar-refractivity contribution is -0.130. The van der Waals surface area contributed by atoms with Crippen LogP contribution in [-0.4, -0.2) is 36.0 Å². The molecule has 1 aliphatic heterocycles. The Kier molecular flexibility index (Phi) is 5.29. The van der Waals surface area contributed by atoms with Crippen molar-refractivity contribution in [3.8, 4) is 0 Å². The quantitative estimate of drug-likeness (QED) is 0.654. The predicted octanol–water partition coefficient (Wildman–Crippen LogP) is -0.295. The van der Waals surface area contributed by atoms with Crippen molar-refractivity contribution in [3.63, 3.8) is 0 Å². The van der Waals surface area contributed by atoms with E-state index in [2.05, 4.69) is 0 Å². The zero-order valence-corrected chi connectivity index (χ0v) is 8.72. The van der Waals surface area contributed by atoms with Crippen LogP contribution in [0.2, 0.25) is 0 Å². The molecule has 0 aliphatic carbocycles. The Bertz CT molecular complexity index is 175. The Morgan fingerprint density at radius 3 is 2.69 bits per heavy atom. The van der Waals surface area contributed by atoms with Crippen molar-refractivity contribution in [2.24, 2.45) is 11.5 Å². The van der Waals surface area contributed by atoms with E-state index in [9.17, 15) is 4.79 Å². The maximum absolute atomic E-state index is 11.4. The first-order valence-corrected chi connectivity index (χ1v) is 4.38. The van der Waals surface area contributed by atoms with Gasteiger partial charge in [-0.25, -0.2) is 0 Å². The van der Waals surface area contributed by atoms with Gasteiger partial charge in [-0.1, -0.05) is 0 Å². The van der Waals surface area contributed by atoms with Crippen LogP contribution >= 0.6 is 12.4 Å². The van der Waals surface area contributed by atoms with E-state index in [1.165, 1.54) is 0 Å². The summed E-state index contributed by atoms with van der Waals surface area (Å²) in [5, 5.41) is 0. The van der Waals surface area contributed by atoms with Crippen molar-refractivity contribution >= 4 is 18.3 Å². The molecule has 4 N–H and O–H groups in total. The normalized spacial score (nSPS) is 23.9. The molecule has 1 fully saturated rings. The number of carbonyl (C=O) groups is 1. The molecule has 1 aliphatic rings. The van der Waals surface area contributed by atoms with Gasteiger partial charge in [0.2, 0.25) is 5.91 Å². The molecular formula is C8H18ClN3O. The molecule has 78 valence electrons. The van der Waals surface area contributed by atoms with Crippen molar-refractivity contribution in [1.82, 2.24) is 4.90 Å². The molecule has 0 saturated carbocycles. The van der Waals surface area contributed by atoms with Crippen molar-refractivity contribution < 1.29 is 4.79 Å². The first-order chi connectivity index (χ1) is 5.59. The van der Waals surface area contributed by atoms with Gasteiger partial charge in [-0.3, -0.25) is 4.79 Å². The highest BCUT2D eigenvalue weighted by molar-refractivity contribution is 5.85. The van der Waals surface area contributed by atoms with Crippen LogP contribution in [0.15, 0.2) is 0 Å². The zero-order chi connectivity index (χ0) is 9.14. The summed E-state index contributed by atoms with van der Waals surface area (Å²) in [5.74, 6) is 0.137. The fraction of sp³-hybridized carbons (Fsp3) is 0.875. The average molecular weight is 208 g/mol. The van der Waals surface area contributed by atoms with E-state index in [0.29, 0.717) is 13.0 Å². The summed E-state index contributed by atoms with van der Waals surface area (Å²) in [7, 11) is 0. The van der Waals surface area contributed by atoms with Gasteiger partial charge >= 0.3 is 0 Å². The maximum Gasteiger partial charge on any atom is 0.224 e. The summed E-state index contributed by atoms with van der Waals surface area (Å²) in [6, 6.07) is 0.122. The molecular weight excluding hydrogens is 190 g/mol. The van der Waals surface area contributed by atoms with Crippen LogP contribution in [0.3, 0.4) is 0 Å². The minimum atomic E-state index is -0.0469. The zero-order valence-electron chi connectivity index (χ0n) is 7.90. The Morgan fingerprint density at radius 1 is 1.69 bits per heavy atom. The third-order valence-corrected chi connectivity index (χ3v) is 2.07. The number of rotatable bonds is 2. The largest absolute Gasteiger partial charge is 0.341 e. The molecule has 0 radical (unpaired) electrons. The summed E-state index contributed by atoms with van der Waals surface area (Å²) in [6.45, 7) is 3.34. The number of halogens is 1. The minimum Gasteiger partial charge on any atom is -0.341 e. The lowest BCUT2D eigenvalue weighted by atomic mass is 10.2. The van der Waals surface area contributed by atoms with Gasteiger partial charge in [0, 0.05) is 31.6 Å². The molecule has 1 saturated heterocycles. The molecule has 13 heavy (non-hydrogen) atoms. The second-order valence-corrected chi connectivity index (χ2v) is 3.57. The second-order valence-electron chi connectivity index (χ2n) is 3.57. The van der Waals surface area contributed by atoms with Crippen molar-refractivity contribution in [1.29, 1.82) is 0 Å². The predicted molar refractivity (Wildman–Crippen MR) is 54.7 cm³/mol. The fourth-order valence-corrected chi connectivity index (χ4v) is 1.42. The van der Waals surface area contributed by atoms with E-state index in [4.69, 9.17) is 11.5 Å². The van der Waals surface area contributed by atoms with Crippen LogP contribution in [-0.2, 0) is 4.79 Å². The molecule has 1 heterocycles. The van der Waals surface area contributed by atoms with Crippen molar-refractivity contribution in [2.75, 3.05) is 13.1 Å². The smallest absolute Gasteiger partial charge is 0.224 e. The molecule has 0 spiro atoms. The van der Waals surface area contributed by atoms with Crippen LogP contribution in [0, 0.1) is 0 Å². The van der Waals surface area contributed by atoms with Gasteiger partial charge in [0.1, 0.15) is 0 Å². The molecule has 0 aromatic heterocycles. The Hall–Kier alpha value is -0.320. The summed E-state index contributed by atoms with van der Waals surface area (Å²) in [6.07, 6.45) is 1.36. The molecule has 4 nitrogen and oxygen atoms in total. The number of amides is 1. The highest BCUT2D eigenvalue weighted by Gasteiger charge is 2.23. The molecule has 1 amide bonds.